The lowest BCUT2D eigenvalue weighted by atomic mass is 9.92. The normalized spacial score (nSPS) is 25.5. The van der Waals surface area contributed by atoms with Gasteiger partial charge in [0.25, 0.3) is 0 Å². The zero-order chi connectivity index (χ0) is 42.8. The number of hydrogen-bond acceptors (Lipinski definition) is 7. The van der Waals surface area contributed by atoms with Crippen molar-refractivity contribution in [2.45, 2.75) is 77.6 Å². The molecule has 2 aliphatic carbocycles. The molecule has 0 aromatic heterocycles. The first-order valence-electron chi connectivity index (χ1n) is 21.5. The fourth-order valence-electron chi connectivity index (χ4n) is 9.70. The van der Waals surface area contributed by atoms with Crippen LogP contribution in [0.1, 0.15) is 76.1 Å². The van der Waals surface area contributed by atoms with Crippen LogP contribution in [0.25, 0.3) is 0 Å². The van der Waals surface area contributed by atoms with E-state index in [1.165, 1.54) is 67.4 Å². The van der Waals surface area contributed by atoms with Gasteiger partial charge in [0, 0.05) is 59.1 Å². The number of piperidine rings is 2. The molecular formula is C48H67ClN4O4S2. The number of aryl methyl sites for hydroxylation is 2. The minimum atomic E-state index is -3.24. The molecule has 4 atom stereocenters. The highest BCUT2D eigenvalue weighted by atomic mass is 35.7. The Morgan fingerprint density at radius 3 is 1.46 bits per heavy atom. The Bertz CT molecular complexity index is 2130. The molecule has 0 radical (unpaired) electrons. The number of anilines is 2. The molecule has 4 aliphatic rings. The summed E-state index contributed by atoms with van der Waals surface area (Å²) in [5, 5.41) is 0. The maximum absolute atomic E-state index is 11.5. The molecule has 0 spiro atoms. The number of rotatable bonds is 14. The number of nitrogens with two attached hydrogens (primary N) is 1. The van der Waals surface area contributed by atoms with Gasteiger partial charge in [-0.1, -0.05) is 120 Å². The van der Waals surface area contributed by atoms with Gasteiger partial charge in [-0.3, -0.25) is 4.72 Å². The minimum Gasteiger partial charge on any atom is -0.399 e. The molecule has 2 aliphatic heterocycles. The van der Waals surface area contributed by atoms with E-state index >= 15 is 0 Å². The highest BCUT2D eigenvalue weighted by molar-refractivity contribution is 8.13. The summed E-state index contributed by atoms with van der Waals surface area (Å²) in [4.78, 5) is 5.25. The van der Waals surface area contributed by atoms with Gasteiger partial charge in [0.15, 0.2) is 0 Å². The third kappa shape index (κ3) is 12.6. The SMILES string of the molecule is CC.CC1(c2cccc(N)c2)C2CN(CCCc3ccccc3)CC21.CC1(c2cccc(NS(C)(=O)=O)c2)C2CN(CCCc3ccccc3)CC21.CCCS(=O)(=O)Cl. The third-order valence-corrected chi connectivity index (χ3v) is 14.9. The standard InChI is InChI=1S/C22H28N2O2S.C21H26N2.C3H7ClO2S.C2H6/c1-22(18-11-6-12-19(14-18)23-27(2,25)26)20-15-24(16-21(20)22)13-7-10-17-8-4-3-5-9-17;1-21(17-10-5-11-18(22)13-17)19-14-23(15-20(19)21)12-6-9-16-7-3-2-4-8-16;1-2-3-7(4,5)6;1-2/h3-6,8-9,11-12,14,20-21,23H,7,10,13,15-16H2,1-2H3;2-5,7-8,10-11,13,19-20H,6,9,12,14-15,22H2,1H3;2-3H2,1H3;1-2H3. The van der Waals surface area contributed by atoms with Gasteiger partial charge in [0.2, 0.25) is 19.1 Å². The average Bonchev–Trinajstić information content (AvgIpc) is 3.67. The molecule has 0 bridgehead atoms. The van der Waals surface area contributed by atoms with Crippen LogP contribution in [0.2, 0.25) is 0 Å². The highest BCUT2D eigenvalue weighted by Gasteiger charge is 2.66. The number of nitrogen functional groups attached to an aromatic ring is 1. The van der Waals surface area contributed by atoms with Crippen LogP contribution in [-0.4, -0.2) is 77.9 Å². The molecule has 4 fully saturated rings. The van der Waals surface area contributed by atoms with Gasteiger partial charge in [-0.05, 0) is 115 Å². The largest absolute Gasteiger partial charge is 0.399 e. The van der Waals surface area contributed by atoms with Crippen LogP contribution in [0, 0.1) is 23.7 Å². The summed E-state index contributed by atoms with van der Waals surface area (Å²) in [6, 6.07) is 38.0. The maximum atomic E-state index is 11.5. The fraction of sp³-hybridized carbons (Fsp3) is 0.500. The Morgan fingerprint density at radius 2 is 1.08 bits per heavy atom. The van der Waals surface area contributed by atoms with E-state index < -0.39 is 19.1 Å². The van der Waals surface area contributed by atoms with E-state index in [1.807, 2.05) is 38.1 Å². The van der Waals surface area contributed by atoms with Crippen molar-refractivity contribution in [3.05, 3.63) is 131 Å². The first kappa shape index (κ1) is 46.7. The number of sulfonamides is 1. The molecule has 11 heteroatoms. The van der Waals surface area contributed by atoms with Crippen LogP contribution < -0.4 is 10.5 Å². The summed E-state index contributed by atoms with van der Waals surface area (Å²) < 4.78 is 45.6. The van der Waals surface area contributed by atoms with E-state index in [0.717, 1.165) is 43.6 Å². The molecule has 322 valence electrons. The van der Waals surface area contributed by atoms with Crippen LogP contribution >= 0.6 is 10.7 Å². The lowest BCUT2D eigenvalue weighted by Crippen LogP contribution is -2.30. The predicted octanol–water partition coefficient (Wildman–Crippen LogP) is 9.22. The summed E-state index contributed by atoms with van der Waals surface area (Å²) >= 11 is 0. The first-order chi connectivity index (χ1) is 28.1. The van der Waals surface area contributed by atoms with E-state index in [4.69, 9.17) is 16.4 Å². The van der Waals surface area contributed by atoms with E-state index in [-0.39, 0.29) is 11.2 Å². The maximum Gasteiger partial charge on any atom is 0.232 e. The second kappa shape index (κ2) is 20.4. The predicted molar refractivity (Wildman–Crippen MR) is 248 cm³/mol. The van der Waals surface area contributed by atoms with Gasteiger partial charge in [0.1, 0.15) is 0 Å². The van der Waals surface area contributed by atoms with Crippen molar-refractivity contribution < 1.29 is 16.8 Å². The quantitative estimate of drug-likeness (QED) is 0.0961. The lowest BCUT2D eigenvalue weighted by Gasteiger charge is -2.24. The Hall–Kier alpha value is -3.41. The zero-order valence-electron chi connectivity index (χ0n) is 36.0. The number of benzene rings is 4. The highest BCUT2D eigenvalue weighted by Crippen LogP contribution is 2.64. The average molecular weight is 864 g/mol. The number of likely N-dealkylation sites (tertiary alicyclic amines) is 2. The summed E-state index contributed by atoms with van der Waals surface area (Å²) in [6.07, 6.45) is 6.58. The molecule has 2 saturated carbocycles. The number of halogens is 1. The topological polar surface area (TPSA) is 113 Å². The zero-order valence-corrected chi connectivity index (χ0v) is 38.4. The van der Waals surface area contributed by atoms with Gasteiger partial charge in [-0.25, -0.2) is 16.8 Å². The Morgan fingerprint density at radius 1 is 0.661 bits per heavy atom. The number of hydrogen-bond donors (Lipinski definition) is 2. The molecule has 0 amide bonds. The van der Waals surface area contributed by atoms with Gasteiger partial charge in [0.05, 0.1) is 12.0 Å². The molecule has 8 nitrogen and oxygen atoms in total. The Labute approximate surface area is 360 Å². The van der Waals surface area contributed by atoms with Gasteiger partial charge >= 0.3 is 0 Å². The monoisotopic (exact) mass is 862 g/mol. The molecule has 4 aromatic rings. The van der Waals surface area contributed by atoms with Crippen molar-refractivity contribution >= 4 is 41.1 Å². The summed E-state index contributed by atoms with van der Waals surface area (Å²) in [7, 11) is -1.63. The summed E-state index contributed by atoms with van der Waals surface area (Å²) in [5.41, 5.74) is 13.7. The molecule has 59 heavy (non-hydrogen) atoms. The van der Waals surface area contributed by atoms with Gasteiger partial charge < -0.3 is 15.5 Å². The summed E-state index contributed by atoms with van der Waals surface area (Å²) in [6.45, 7) is 17.7. The van der Waals surface area contributed by atoms with Crippen molar-refractivity contribution in [2.75, 3.05) is 61.7 Å². The number of fused-ring (bicyclic) bond motifs is 2. The van der Waals surface area contributed by atoms with Crippen LogP contribution in [0.3, 0.4) is 0 Å². The van der Waals surface area contributed by atoms with Crippen LogP contribution in [-0.2, 0) is 42.7 Å². The van der Waals surface area contributed by atoms with Gasteiger partial charge in [-0.2, -0.15) is 0 Å². The van der Waals surface area contributed by atoms with E-state index in [9.17, 15) is 16.8 Å². The Balaban J connectivity index is 0.000000188. The van der Waals surface area contributed by atoms with Crippen molar-refractivity contribution in [3.8, 4) is 0 Å². The number of nitrogens with zero attached hydrogens (tertiary/aromatic N) is 2. The van der Waals surface area contributed by atoms with E-state index in [2.05, 4.69) is 113 Å². The van der Waals surface area contributed by atoms with E-state index in [1.54, 1.807) is 6.92 Å². The van der Waals surface area contributed by atoms with Crippen molar-refractivity contribution in [2.24, 2.45) is 23.7 Å². The Kier molecular flexibility index (Phi) is 16.2. The molecular weight excluding hydrogens is 796 g/mol. The second-order valence-electron chi connectivity index (χ2n) is 17.0. The smallest absolute Gasteiger partial charge is 0.232 e. The fourth-order valence-corrected chi connectivity index (χ4v) is 11.2. The van der Waals surface area contributed by atoms with Crippen LogP contribution in [0.5, 0.6) is 0 Å². The minimum absolute atomic E-state index is 0.0779. The summed E-state index contributed by atoms with van der Waals surface area (Å²) in [5.74, 6) is 3.08. The first-order valence-corrected chi connectivity index (χ1v) is 25.9. The lowest BCUT2D eigenvalue weighted by molar-refractivity contribution is 0.274. The molecule has 4 aromatic carbocycles. The van der Waals surface area contributed by atoms with Crippen LogP contribution in [0.4, 0.5) is 11.4 Å². The number of nitrogens with one attached hydrogen (secondary N) is 1. The molecule has 8 rings (SSSR count). The molecule has 3 N–H and O–H groups in total. The van der Waals surface area contributed by atoms with Crippen LogP contribution in [0.15, 0.2) is 109 Å². The van der Waals surface area contributed by atoms with Crippen molar-refractivity contribution in [1.29, 1.82) is 0 Å². The molecule has 4 unspecified atom stereocenters. The van der Waals surface area contributed by atoms with Gasteiger partial charge in [-0.15, -0.1) is 0 Å². The molecule has 2 saturated heterocycles. The van der Waals surface area contributed by atoms with Crippen molar-refractivity contribution in [1.82, 2.24) is 9.80 Å². The van der Waals surface area contributed by atoms with E-state index in [0.29, 0.717) is 29.4 Å². The molecule has 2 heterocycles. The third-order valence-electron chi connectivity index (χ3n) is 13.0. The van der Waals surface area contributed by atoms with Crippen molar-refractivity contribution in [3.63, 3.8) is 0 Å². The second-order valence-corrected chi connectivity index (χ2v) is 21.7.